The van der Waals surface area contributed by atoms with E-state index in [1.165, 1.54) is 38.5 Å². The quantitative estimate of drug-likeness (QED) is 0.789. The normalized spacial score (nSPS) is 28.7. The first-order valence-electron chi connectivity index (χ1n) is 7.25. The lowest BCUT2D eigenvalue weighted by Crippen LogP contribution is -2.42. The van der Waals surface area contributed by atoms with Gasteiger partial charge in [0.1, 0.15) is 0 Å². The number of carbonyl (C=O) groups is 1. The van der Waals surface area contributed by atoms with Crippen molar-refractivity contribution in [2.24, 2.45) is 11.8 Å². The molecule has 1 saturated heterocycles. The third-order valence-corrected chi connectivity index (χ3v) is 4.63. The molecule has 0 radical (unpaired) electrons. The molecule has 1 unspecified atom stereocenters. The largest absolute Gasteiger partial charge is 0.342 e. The number of nitrogens with zero attached hydrogens (tertiary/aromatic N) is 1. The Labute approximate surface area is 104 Å². The van der Waals surface area contributed by atoms with Crippen LogP contribution >= 0.6 is 0 Å². The Balaban J connectivity index is 1.55. The Morgan fingerprint density at radius 2 is 1.88 bits per heavy atom. The monoisotopic (exact) mass is 236 g/mol. The van der Waals surface area contributed by atoms with Crippen LogP contribution in [0.25, 0.3) is 0 Å². The summed E-state index contributed by atoms with van der Waals surface area (Å²) in [5.41, 5.74) is 0. The Kier molecular flexibility index (Phi) is 3.12. The number of rotatable bonds is 5. The van der Waals surface area contributed by atoms with Crippen molar-refractivity contribution in [1.82, 2.24) is 10.2 Å². The molecule has 1 heterocycles. The molecule has 96 valence electrons. The Morgan fingerprint density at radius 1 is 1.24 bits per heavy atom. The molecule has 0 spiro atoms. The van der Waals surface area contributed by atoms with Gasteiger partial charge in [0.25, 0.3) is 0 Å². The van der Waals surface area contributed by atoms with Gasteiger partial charge in [0.05, 0.1) is 0 Å². The molecule has 1 aliphatic heterocycles. The van der Waals surface area contributed by atoms with Crippen LogP contribution in [-0.2, 0) is 4.79 Å². The van der Waals surface area contributed by atoms with Crippen LogP contribution in [0.15, 0.2) is 0 Å². The molecule has 3 nitrogen and oxygen atoms in total. The second kappa shape index (κ2) is 4.60. The standard InChI is InChI=1S/C14H24N2O/c1-16(13(17)9-12-3-2-8-15-12)14(10-4-5-10)11-6-7-11/h10-12,14-15H,2-9H2,1H3. The fraction of sp³-hybridized carbons (Fsp3) is 0.929. The third-order valence-electron chi connectivity index (χ3n) is 4.63. The molecule has 0 aromatic heterocycles. The second-order valence-electron chi connectivity index (χ2n) is 6.17. The van der Waals surface area contributed by atoms with Crippen molar-refractivity contribution < 1.29 is 4.79 Å². The summed E-state index contributed by atoms with van der Waals surface area (Å²) < 4.78 is 0. The molecule has 3 aliphatic rings. The van der Waals surface area contributed by atoms with E-state index < -0.39 is 0 Å². The molecule has 3 rings (SSSR count). The van der Waals surface area contributed by atoms with E-state index in [1.54, 1.807) is 0 Å². The lowest BCUT2D eigenvalue weighted by molar-refractivity contribution is -0.133. The van der Waals surface area contributed by atoms with E-state index in [-0.39, 0.29) is 0 Å². The zero-order chi connectivity index (χ0) is 11.8. The highest BCUT2D eigenvalue weighted by molar-refractivity contribution is 5.77. The Morgan fingerprint density at radius 3 is 2.35 bits per heavy atom. The van der Waals surface area contributed by atoms with Gasteiger partial charge in [-0.3, -0.25) is 4.79 Å². The SMILES string of the molecule is CN(C(=O)CC1CCCN1)C(C1CC1)C1CC1. The van der Waals surface area contributed by atoms with Crippen LogP contribution in [-0.4, -0.2) is 36.5 Å². The maximum absolute atomic E-state index is 12.3. The van der Waals surface area contributed by atoms with Crippen LogP contribution in [0.3, 0.4) is 0 Å². The number of nitrogens with one attached hydrogen (secondary N) is 1. The summed E-state index contributed by atoms with van der Waals surface area (Å²) in [5, 5.41) is 3.42. The van der Waals surface area contributed by atoms with Crippen molar-refractivity contribution >= 4 is 5.91 Å². The van der Waals surface area contributed by atoms with E-state index in [0.29, 0.717) is 24.4 Å². The van der Waals surface area contributed by atoms with Gasteiger partial charge in [-0.1, -0.05) is 0 Å². The molecule has 2 aliphatic carbocycles. The Hall–Kier alpha value is -0.570. The van der Waals surface area contributed by atoms with Crippen LogP contribution in [0.4, 0.5) is 0 Å². The van der Waals surface area contributed by atoms with Crippen LogP contribution in [0.1, 0.15) is 44.9 Å². The summed E-state index contributed by atoms with van der Waals surface area (Å²) in [5.74, 6) is 2.02. The molecule has 0 bridgehead atoms. The van der Waals surface area contributed by atoms with Crippen molar-refractivity contribution in [2.45, 2.75) is 57.0 Å². The molecule has 3 fully saturated rings. The highest BCUT2D eigenvalue weighted by Gasteiger charge is 2.44. The van der Waals surface area contributed by atoms with Crippen LogP contribution in [0.5, 0.6) is 0 Å². The first kappa shape index (κ1) is 11.5. The Bertz CT molecular complexity index is 279. The van der Waals surface area contributed by atoms with E-state index in [4.69, 9.17) is 0 Å². The molecule has 0 aromatic rings. The van der Waals surface area contributed by atoms with Gasteiger partial charge in [0.15, 0.2) is 0 Å². The highest BCUT2D eigenvalue weighted by atomic mass is 16.2. The van der Waals surface area contributed by atoms with E-state index in [2.05, 4.69) is 10.2 Å². The van der Waals surface area contributed by atoms with Gasteiger partial charge in [0.2, 0.25) is 5.91 Å². The summed E-state index contributed by atoms with van der Waals surface area (Å²) in [4.78, 5) is 14.4. The minimum absolute atomic E-state index is 0.369. The molecular formula is C14H24N2O. The van der Waals surface area contributed by atoms with Gasteiger partial charge in [0, 0.05) is 25.6 Å². The van der Waals surface area contributed by atoms with Gasteiger partial charge in [-0.25, -0.2) is 0 Å². The molecule has 3 heteroatoms. The van der Waals surface area contributed by atoms with Gasteiger partial charge in [-0.05, 0) is 56.9 Å². The fourth-order valence-corrected chi connectivity index (χ4v) is 3.34. The average Bonchev–Trinajstić information content (AvgIpc) is 3.23. The fourth-order valence-electron chi connectivity index (χ4n) is 3.34. The van der Waals surface area contributed by atoms with Crippen molar-refractivity contribution in [3.05, 3.63) is 0 Å². The zero-order valence-electron chi connectivity index (χ0n) is 10.8. The lowest BCUT2D eigenvalue weighted by Gasteiger charge is -2.29. The number of hydrogen-bond donors (Lipinski definition) is 1. The zero-order valence-corrected chi connectivity index (χ0v) is 10.8. The predicted molar refractivity (Wildman–Crippen MR) is 67.6 cm³/mol. The van der Waals surface area contributed by atoms with E-state index in [0.717, 1.165) is 18.4 Å². The van der Waals surface area contributed by atoms with Gasteiger partial charge >= 0.3 is 0 Å². The van der Waals surface area contributed by atoms with E-state index in [9.17, 15) is 4.79 Å². The van der Waals surface area contributed by atoms with E-state index >= 15 is 0 Å². The first-order chi connectivity index (χ1) is 8.25. The summed E-state index contributed by atoms with van der Waals surface area (Å²) in [6.07, 6.45) is 8.52. The smallest absolute Gasteiger partial charge is 0.224 e. The molecule has 0 aromatic carbocycles. The molecule has 1 N–H and O–H groups in total. The lowest BCUT2D eigenvalue weighted by atomic mass is 10.0. The molecule has 17 heavy (non-hydrogen) atoms. The predicted octanol–water partition coefficient (Wildman–Crippen LogP) is 1.78. The maximum atomic E-state index is 12.3. The van der Waals surface area contributed by atoms with Crippen LogP contribution in [0.2, 0.25) is 0 Å². The minimum Gasteiger partial charge on any atom is -0.342 e. The summed E-state index contributed by atoms with van der Waals surface area (Å²) in [6.45, 7) is 1.09. The first-order valence-corrected chi connectivity index (χ1v) is 7.25. The van der Waals surface area contributed by atoms with Gasteiger partial charge in [-0.2, -0.15) is 0 Å². The van der Waals surface area contributed by atoms with Crippen LogP contribution in [0, 0.1) is 11.8 Å². The minimum atomic E-state index is 0.369. The van der Waals surface area contributed by atoms with Crippen molar-refractivity contribution in [3.8, 4) is 0 Å². The van der Waals surface area contributed by atoms with Crippen molar-refractivity contribution in [3.63, 3.8) is 0 Å². The molecule has 2 saturated carbocycles. The number of hydrogen-bond acceptors (Lipinski definition) is 2. The highest BCUT2D eigenvalue weighted by Crippen LogP contribution is 2.46. The second-order valence-corrected chi connectivity index (χ2v) is 6.17. The van der Waals surface area contributed by atoms with Gasteiger partial charge < -0.3 is 10.2 Å². The van der Waals surface area contributed by atoms with Crippen LogP contribution < -0.4 is 5.32 Å². The van der Waals surface area contributed by atoms with E-state index in [1.807, 2.05) is 7.05 Å². The number of carbonyl (C=O) groups excluding carboxylic acids is 1. The molecule has 1 atom stereocenters. The molecule has 1 amide bonds. The number of amides is 1. The average molecular weight is 236 g/mol. The van der Waals surface area contributed by atoms with Crippen molar-refractivity contribution in [2.75, 3.05) is 13.6 Å². The summed E-state index contributed by atoms with van der Waals surface area (Å²) in [7, 11) is 2.04. The summed E-state index contributed by atoms with van der Waals surface area (Å²) in [6, 6.07) is 1.02. The maximum Gasteiger partial charge on any atom is 0.224 e. The third kappa shape index (κ3) is 2.65. The summed E-state index contributed by atoms with van der Waals surface area (Å²) >= 11 is 0. The molecular weight excluding hydrogens is 212 g/mol. The van der Waals surface area contributed by atoms with Crippen molar-refractivity contribution in [1.29, 1.82) is 0 Å². The topological polar surface area (TPSA) is 32.3 Å². The van der Waals surface area contributed by atoms with Gasteiger partial charge in [-0.15, -0.1) is 0 Å².